The monoisotopic (exact) mass is 321 g/mol. The van der Waals surface area contributed by atoms with E-state index in [4.69, 9.17) is 0 Å². The average molecular weight is 321 g/mol. The van der Waals surface area contributed by atoms with Crippen molar-refractivity contribution in [1.29, 1.82) is 0 Å². The second-order valence-corrected chi connectivity index (χ2v) is 7.02. The van der Waals surface area contributed by atoms with Crippen molar-refractivity contribution < 1.29 is 9.59 Å². The second kappa shape index (κ2) is 6.79. The molecule has 0 N–H and O–H groups in total. The first kappa shape index (κ1) is 15.5. The van der Waals surface area contributed by atoms with Crippen LogP contribution < -0.4 is 0 Å². The van der Waals surface area contributed by atoms with Gasteiger partial charge in [-0.25, -0.2) is 0 Å². The zero-order valence-electron chi connectivity index (χ0n) is 13.0. The second-order valence-electron chi connectivity index (χ2n) is 6.04. The molecule has 0 spiro atoms. The Morgan fingerprint density at radius 1 is 1.23 bits per heavy atom. The highest BCUT2D eigenvalue weighted by Gasteiger charge is 2.31. The summed E-state index contributed by atoms with van der Waals surface area (Å²) >= 11 is 1.74. The number of piperazine rings is 1. The minimum Gasteiger partial charge on any atom is -0.340 e. The highest BCUT2D eigenvalue weighted by Crippen LogP contribution is 2.34. The summed E-state index contributed by atoms with van der Waals surface area (Å²) in [4.78, 5) is 31.4. The highest BCUT2D eigenvalue weighted by atomic mass is 32.1. The fraction of sp³-hybridized carbons (Fsp3) is 0.625. The lowest BCUT2D eigenvalue weighted by atomic mass is 10.2. The van der Waals surface area contributed by atoms with E-state index in [9.17, 15) is 9.59 Å². The number of hydrogen-bond donors (Lipinski definition) is 0. The minimum atomic E-state index is 0.128. The van der Waals surface area contributed by atoms with Gasteiger partial charge in [0.2, 0.25) is 11.8 Å². The number of amides is 2. The summed E-state index contributed by atoms with van der Waals surface area (Å²) in [5.41, 5.74) is 0. The van der Waals surface area contributed by atoms with E-state index >= 15 is 0 Å². The van der Waals surface area contributed by atoms with Crippen molar-refractivity contribution in [2.24, 2.45) is 0 Å². The van der Waals surface area contributed by atoms with Gasteiger partial charge < -0.3 is 9.80 Å². The molecular weight excluding hydrogens is 298 g/mol. The molecule has 0 aromatic carbocycles. The molecule has 2 saturated heterocycles. The molecule has 2 aliphatic rings. The number of hydrogen-bond acceptors (Lipinski definition) is 4. The Morgan fingerprint density at radius 3 is 2.64 bits per heavy atom. The molecule has 6 heteroatoms. The van der Waals surface area contributed by atoms with Gasteiger partial charge in [-0.05, 0) is 24.3 Å². The van der Waals surface area contributed by atoms with Gasteiger partial charge in [0, 0.05) is 44.5 Å². The van der Waals surface area contributed by atoms with Crippen molar-refractivity contribution in [3.8, 4) is 0 Å². The van der Waals surface area contributed by atoms with Crippen LogP contribution in [0.5, 0.6) is 0 Å². The maximum Gasteiger partial charge on any atom is 0.237 e. The highest BCUT2D eigenvalue weighted by molar-refractivity contribution is 7.10. The Kier molecular flexibility index (Phi) is 4.78. The smallest absolute Gasteiger partial charge is 0.237 e. The van der Waals surface area contributed by atoms with E-state index in [1.807, 2.05) is 9.80 Å². The lowest BCUT2D eigenvalue weighted by Crippen LogP contribution is -2.51. The third kappa shape index (κ3) is 3.33. The molecule has 0 unspecified atom stereocenters. The van der Waals surface area contributed by atoms with E-state index in [2.05, 4.69) is 22.4 Å². The zero-order valence-corrected chi connectivity index (χ0v) is 13.8. The van der Waals surface area contributed by atoms with Gasteiger partial charge in [0.05, 0.1) is 12.6 Å². The van der Waals surface area contributed by atoms with Crippen molar-refractivity contribution in [2.75, 3.05) is 39.3 Å². The predicted octanol–water partition coefficient (Wildman–Crippen LogP) is 1.58. The molecule has 1 atom stereocenters. The maximum absolute atomic E-state index is 12.6. The third-order valence-electron chi connectivity index (χ3n) is 4.62. The molecule has 0 radical (unpaired) electrons. The first-order chi connectivity index (χ1) is 10.6. The van der Waals surface area contributed by atoms with Gasteiger partial charge in [0.15, 0.2) is 0 Å². The van der Waals surface area contributed by atoms with Crippen LogP contribution in [0, 0.1) is 0 Å². The van der Waals surface area contributed by atoms with Gasteiger partial charge in [0.25, 0.3) is 0 Å². The molecule has 2 fully saturated rings. The summed E-state index contributed by atoms with van der Waals surface area (Å²) in [6, 6.07) is 4.46. The van der Waals surface area contributed by atoms with Crippen LogP contribution in [0.25, 0.3) is 0 Å². The van der Waals surface area contributed by atoms with Gasteiger partial charge in [-0.1, -0.05) is 6.07 Å². The fourth-order valence-corrected chi connectivity index (χ4v) is 4.22. The molecule has 2 aliphatic heterocycles. The number of carbonyl (C=O) groups is 2. The average Bonchev–Trinajstić information content (AvgIpc) is 3.18. The predicted molar refractivity (Wildman–Crippen MR) is 86.7 cm³/mol. The number of rotatable bonds is 3. The quantitative estimate of drug-likeness (QED) is 0.849. The molecule has 3 heterocycles. The Hall–Kier alpha value is -1.40. The Balaban J connectivity index is 1.55. The molecule has 5 nitrogen and oxygen atoms in total. The first-order valence-corrected chi connectivity index (χ1v) is 8.84. The van der Waals surface area contributed by atoms with Gasteiger partial charge in [-0.15, -0.1) is 11.3 Å². The normalized spacial score (nSPS) is 23.0. The first-order valence-electron chi connectivity index (χ1n) is 7.96. The van der Waals surface area contributed by atoms with Crippen LogP contribution in [0.3, 0.4) is 0 Å². The summed E-state index contributed by atoms with van der Waals surface area (Å²) in [6.45, 7) is 6.01. The Bertz CT molecular complexity index is 524. The Labute approximate surface area is 135 Å². The van der Waals surface area contributed by atoms with Crippen LogP contribution in [-0.4, -0.2) is 65.8 Å². The molecule has 3 rings (SSSR count). The van der Waals surface area contributed by atoms with Crippen LogP contribution in [0.2, 0.25) is 0 Å². The van der Waals surface area contributed by atoms with Crippen molar-refractivity contribution in [1.82, 2.24) is 14.7 Å². The third-order valence-corrected chi connectivity index (χ3v) is 5.59. The van der Waals surface area contributed by atoms with Gasteiger partial charge in [0.1, 0.15) is 0 Å². The molecule has 2 amide bonds. The standard InChI is InChI=1S/C16H23N3O2S/c1-13(20)18-9-7-17(8-10-18)12-16(21)19-6-2-4-14(19)15-5-3-11-22-15/h3,5,11,14H,2,4,6-10,12H2,1H3/t14-/m0/s1. The van der Waals surface area contributed by atoms with Crippen LogP contribution >= 0.6 is 11.3 Å². The molecule has 1 aromatic heterocycles. The van der Waals surface area contributed by atoms with Crippen molar-refractivity contribution in [3.63, 3.8) is 0 Å². The van der Waals surface area contributed by atoms with Gasteiger partial charge in [-0.3, -0.25) is 14.5 Å². The van der Waals surface area contributed by atoms with Crippen LogP contribution in [-0.2, 0) is 9.59 Å². The number of thiophene rings is 1. The summed E-state index contributed by atoms with van der Waals surface area (Å²) in [5, 5.41) is 2.08. The Morgan fingerprint density at radius 2 is 2.00 bits per heavy atom. The minimum absolute atomic E-state index is 0.128. The molecule has 0 aliphatic carbocycles. The summed E-state index contributed by atoms with van der Waals surface area (Å²) in [5.74, 6) is 0.357. The van der Waals surface area contributed by atoms with E-state index in [-0.39, 0.29) is 17.9 Å². The topological polar surface area (TPSA) is 43.9 Å². The molecule has 0 saturated carbocycles. The van der Waals surface area contributed by atoms with Crippen molar-refractivity contribution in [2.45, 2.75) is 25.8 Å². The molecule has 1 aromatic rings. The summed E-state index contributed by atoms with van der Waals surface area (Å²) in [7, 11) is 0. The zero-order chi connectivity index (χ0) is 15.5. The van der Waals surface area contributed by atoms with Gasteiger partial charge in [-0.2, -0.15) is 0 Å². The lowest BCUT2D eigenvalue weighted by molar-refractivity contribution is -0.134. The van der Waals surface area contributed by atoms with Crippen LogP contribution in [0.1, 0.15) is 30.7 Å². The van der Waals surface area contributed by atoms with Gasteiger partial charge >= 0.3 is 0 Å². The van der Waals surface area contributed by atoms with E-state index in [1.54, 1.807) is 18.3 Å². The summed E-state index contributed by atoms with van der Waals surface area (Å²) < 4.78 is 0. The molecular formula is C16H23N3O2S. The van der Waals surface area contributed by atoms with Crippen LogP contribution in [0.15, 0.2) is 17.5 Å². The SMILES string of the molecule is CC(=O)N1CCN(CC(=O)N2CCC[C@H]2c2cccs2)CC1. The number of carbonyl (C=O) groups excluding carboxylic acids is 2. The van der Waals surface area contributed by atoms with E-state index in [1.165, 1.54) is 4.88 Å². The van der Waals surface area contributed by atoms with Crippen molar-refractivity contribution in [3.05, 3.63) is 22.4 Å². The fourth-order valence-electron chi connectivity index (χ4n) is 3.34. The molecule has 22 heavy (non-hydrogen) atoms. The number of nitrogens with zero attached hydrogens (tertiary/aromatic N) is 3. The largest absolute Gasteiger partial charge is 0.340 e. The van der Waals surface area contributed by atoms with Crippen LogP contribution in [0.4, 0.5) is 0 Å². The molecule has 120 valence electrons. The molecule has 0 bridgehead atoms. The summed E-state index contributed by atoms with van der Waals surface area (Å²) in [6.07, 6.45) is 2.16. The lowest BCUT2D eigenvalue weighted by Gasteiger charge is -2.35. The van der Waals surface area contributed by atoms with E-state index in [0.29, 0.717) is 6.54 Å². The maximum atomic E-state index is 12.6. The van der Waals surface area contributed by atoms with E-state index < -0.39 is 0 Å². The number of likely N-dealkylation sites (tertiary alicyclic amines) is 1. The van der Waals surface area contributed by atoms with E-state index in [0.717, 1.165) is 45.6 Å². The van der Waals surface area contributed by atoms with Crippen molar-refractivity contribution >= 4 is 23.2 Å².